The summed E-state index contributed by atoms with van der Waals surface area (Å²) in [6.45, 7) is 4.86. The van der Waals surface area contributed by atoms with E-state index in [2.05, 4.69) is 5.32 Å². The number of carboxylic acid groups (broad SMARTS) is 1. The summed E-state index contributed by atoms with van der Waals surface area (Å²) in [7, 11) is 0. The molecule has 0 radical (unpaired) electrons. The lowest BCUT2D eigenvalue weighted by molar-refractivity contribution is -0.137. The van der Waals surface area contributed by atoms with Gasteiger partial charge in [0.05, 0.1) is 10.7 Å². The highest BCUT2D eigenvalue weighted by molar-refractivity contribution is 6.36. The minimum absolute atomic E-state index is 0.259. The van der Waals surface area contributed by atoms with Crippen LogP contribution in [-0.4, -0.2) is 34.6 Å². The highest BCUT2D eigenvalue weighted by Gasteiger charge is 2.20. The van der Waals surface area contributed by atoms with Gasteiger partial charge in [0.2, 0.25) is 0 Å². The van der Waals surface area contributed by atoms with Crippen LogP contribution < -0.4 is 5.32 Å². The molecular weight excluding hydrogens is 303 g/mol. The lowest BCUT2D eigenvalue weighted by Gasteiger charge is -2.25. The van der Waals surface area contributed by atoms with E-state index in [1.165, 1.54) is 11.0 Å². The van der Waals surface area contributed by atoms with Gasteiger partial charge in [-0.1, -0.05) is 23.2 Å². The Hall–Kier alpha value is -1.46. The van der Waals surface area contributed by atoms with Crippen LogP contribution in [0.15, 0.2) is 12.1 Å². The van der Waals surface area contributed by atoms with Crippen LogP contribution in [0.5, 0.6) is 0 Å². The molecule has 110 valence electrons. The van der Waals surface area contributed by atoms with E-state index in [1.54, 1.807) is 26.8 Å². The van der Waals surface area contributed by atoms with Gasteiger partial charge in [-0.2, -0.15) is 0 Å². The lowest BCUT2D eigenvalue weighted by Crippen LogP contribution is -2.43. The predicted octanol–water partition coefficient (Wildman–Crippen LogP) is 3.63. The number of carbonyl (C=O) groups excluding carboxylic acids is 1. The third-order valence-corrected chi connectivity index (χ3v) is 3.40. The maximum absolute atomic E-state index is 12.1. The van der Waals surface area contributed by atoms with Crippen molar-refractivity contribution in [2.24, 2.45) is 0 Å². The van der Waals surface area contributed by atoms with Gasteiger partial charge in [0, 0.05) is 11.1 Å². The van der Waals surface area contributed by atoms with Gasteiger partial charge in [-0.15, -0.1) is 0 Å². The zero-order valence-corrected chi connectivity index (χ0v) is 12.9. The quantitative estimate of drug-likeness (QED) is 0.890. The SMILES string of the molecule is Cc1cc(Cl)c(NC(=O)N(CC(=O)O)C(C)C)cc1Cl. The van der Waals surface area contributed by atoms with Gasteiger partial charge in [-0.25, -0.2) is 4.79 Å². The van der Waals surface area contributed by atoms with Gasteiger partial charge in [0.25, 0.3) is 0 Å². The Morgan fingerprint density at radius 3 is 2.40 bits per heavy atom. The van der Waals surface area contributed by atoms with Gasteiger partial charge >= 0.3 is 12.0 Å². The molecule has 5 nitrogen and oxygen atoms in total. The number of urea groups is 1. The second-order valence-electron chi connectivity index (χ2n) is 4.63. The molecule has 0 unspecified atom stereocenters. The summed E-state index contributed by atoms with van der Waals surface area (Å²) in [5.74, 6) is -1.08. The first-order valence-corrected chi connectivity index (χ1v) is 6.73. The van der Waals surface area contributed by atoms with E-state index in [-0.39, 0.29) is 12.6 Å². The first-order chi connectivity index (χ1) is 9.22. The van der Waals surface area contributed by atoms with E-state index in [0.29, 0.717) is 15.7 Å². The van der Waals surface area contributed by atoms with Crippen molar-refractivity contribution in [3.63, 3.8) is 0 Å². The van der Waals surface area contributed by atoms with E-state index < -0.39 is 12.0 Å². The standard InChI is InChI=1S/C13H16Cl2N2O3/c1-7(2)17(6-12(18)19)13(20)16-11-5-9(14)8(3)4-10(11)15/h4-5,7H,6H2,1-3H3,(H,16,20)(H,18,19). The summed E-state index contributed by atoms with van der Waals surface area (Å²) in [4.78, 5) is 24.0. The van der Waals surface area contributed by atoms with Crippen molar-refractivity contribution in [2.45, 2.75) is 26.8 Å². The highest BCUT2D eigenvalue weighted by atomic mass is 35.5. The number of amides is 2. The van der Waals surface area contributed by atoms with E-state index in [0.717, 1.165) is 5.56 Å². The molecule has 2 N–H and O–H groups in total. The molecule has 1 aromatic rings. The molecule has 0 aliphatic heterocycles. The molecule has 0 aliphatic carbocycles. The van der Waals surface area contributed by atoms with Crippen LogP contribution in [0.25, 0.3) is 0 Å². The maximum Gasteiger partial charge on any atom is 0.323 e. The number of benzene rings is 1. The maximum atomic E-state index is 12.1. The topological polar surface area (TPSA) is 69.6 Å². The molecule has 2 amide bonds. The van der Waals surface area contributed by atoms with Crippen molar-refractivity contribution in [1.29, 1.82) is 0 Å². The number of aliphatic carboxylic acids is 1. The summed E-state index contributed by atoms with van der Waals surface area (Å²) in [6, 6.07) is 2.38. The Labute approximate surface area is 127 Å². The van der Waals surface area contributed by atoms with Crippen LogP contribution in [0.4, 0.5) is 10.5 Å². The molecule has 0 spiro atoms. The largest absolute Gasteiger partial charge is 0.480 e. The number of rotatable bonds is 4. The number of halogens is 2. The zero-order valence-electron chi connectivity index (χ0n) is 11.4. The molecule has 0 bridgehead atoms. The minimum atomic E-state index is -1.08. The Morgan fingerprint density at radius 2 is 1.90 bits per heavy atom. The molecule has 20 heavy (non-hydrogen) atoms. The molecule has 0 saturated carbocycles. The summed E-state index contributed by atoms with van der Waals surface area (Å²) >= 11 is 12.0. The first kappa shape index (κ1) is 16.6. The number of aryl methyl sites for hydroxylation is 1. The smallest absolute Gasteiger partial charge is 0.323 e. The van der Waals surface area contributed by atoms with Gasteiger partial charge in [-0.3, -0.25) is 4.79 Å². The first-order valence-electron chi connectivity index (χ1n) is 5.97. The van der Waals surface area contributed by atoms with E-state index >= 15 is 0 Å². The monoisotopic (exact) mass is 318 g/mol. The minimum Gasteiger partial charge on any atom is -0.480 e. The van der Waals surface area contributed by atoms with Gasteiger partial charge in [0.15, 0.2) is 0 Å². The summed E-state index contributed by atoms with van der Waals surface area (Å²) in [6.07, 6.45) is 0. The Kier molecular flexibility index (Phi) is 5.65. The second kappa shape index (κ2) is 6.81. The molecule has 0 aromatic heterocycles. The molecule has 1 rings (SSSR count). The summed E-state index contributed by atoms with van der Waals surface area (Å²) < 4.78 is 0. The Morgan fingerprint density at radius 1 is 1.30 bits per heavy atom. The third-order valence-electron chi connectivity index (χ3n) is 2.68. The molecular formula is C13H16Cl2N2O3. The van der Waals surface area contributed by atoms with Crippen LogP contribution in [0.2, 0.25) is 10.0 Å². The molecule has 0 fully saturated rings. The summed E-state index contributed by atoms with van der Waals surface area (Å²) in [5.41, 5.74) is 1.14. The number of hydrogen-bond acceptors (Lipinski definition) is 2. The number of carboxylic acids is 1. The average molecular weight is 319 g/mol. The molecule has 0 atom stereocenters. The molecule has 1 aromatic carbocycles. The number of carbonyl (C=O) groups is 2. The Balaban J connectivity index is 2.93. The highest BCUT2D eigenvalue weighted by Crippen LogP contribution is 2.29. The number of nitrogens with zero attached hydrogens (tertiary/aromatic N) is 1. The molecule has 0 saturated heterocycles. The molecule has 7 heteroatoms. The van der Waals surface area contributed by atoms with Crippen molar-refractivity contribution in [3.05, 3.63) is 27.7 Å². The Bertz CT molecular complexity index is 533. The average Bonchev–Trinajstić information content (AvgIpc) is 2.32. The van der Waals surface area contributed by atoms with Crippen LogP contribution in [-0.2, 0) is 4.79 Å². The summed E-state index contributed by atoms with van der Waals surface area (Å²) in [5, 5.41) is 12.2. The van der Waals surface area contributed by atoms with Gasteiger partial charge in [0.1, 0.15) is 6.54 Å². The van der Waals surface area contributed by atoms with E-state index in [1.807, 2.05) is 0 Å². The van der Waals surface area contributed by atoms with Crippen molar-refractivity contribution >= 4 is 40.9 Å². The second-order valence-corrected chi connectivity index (χ2v) is 5.44. The lowest BCUT2D eigenvalue weighted by atomic mass is 10.2. The number of hydrogen-bond donors (Lipinski definition) is 2. The van der Waals surface area contributed by atoms with Gasteiger partial charge in [-0.05, 0) is 38.5 Å². The molecule has 0 aliphatic rings. The predicted molar refractivity (Wildman–Crippen MR) is 79.7 cm³/mol. The van der Waals surface area contributed by atoms with Crippen LogP contribution in [0.1, 0.15) is 19.4 Å². The van der Waals surface area contributed by atoms with Gasteiger partial charge < -0.3 is 15.3 Å². The van der Waals surface area contributed by atoms with Crippen LogP contribution in [0.3, 0.4) is 0 Å². The van der Waals surface area contributed by atoms with Crippen molar-refractivity contribution in [3.8, 4) is 0 Å². The van der Waals surface area contributed by atoms with Crippen molar-refractivity contribution in [2.75, 3.05) is 11.9 Å². The fourth-order valence-electron chi connectivity index (χ4n) is 1.56. The van der Waals surface area contributed by atoms with E-state index in [4.69, 9.17) is 28.3 Å². The zero-order chi connectivity index (χ0) is 15.4. The van der Waals surface area contributed by atoms with Crippen LogP contribution in [0, 0.1) is 6.92 Å². The fourth-order valence-corrected chi connectivity index (χ4v) is 1.99. The van der Waals surface area contributed by atoms with E-state index in [9.17, 15) is 9.59 Å². The molecule has 0 heterocycles. The van der Waals surface area contributed by atoms with Crippen molar-refractivity contribution in [1.82, 2.24) is 4.90 Å². The normalized spacial score (nSPS) is 10.5. The fraction of sp³-hybridized carbons (Fsp3) is 0.385. The van der Waals surface area contributed by atoms with Crippen LogP contribution >= 0.6 is 23.2 Å². The number of anilines is 1. The van der Waals surface area contributed by atoms with Crippen molar-refractivity contribution < 1.29 is 14.7 Å². The third kappa shape index (κ3) is 4.28. The number of nitrogens with one attached hydrogen (secondary N) is 1.